The SMILES string of the molecule is CCCc1nc(-c2ccc3c(c2)C(=O)NC3)ccc1-c1ccc2c(c1)C(=O)NC2. The van der Waals surface area contributed by atoms with Gasteiger partial charge >= 0.3 is 0 Å². The first-order chi connectivity index (χ1) is 14.1. The summed E-state index contributed by atoms with van der Waals surface area (Å²) in [6.07, 6.45) is 1.82. The van der Waals surface area contributed by atoms with Crippen molar-refractivity contribution in [2.45, 2.75) is 32.9 Å². The van der Waals surface area contributed by atoms with Gasteiger partial charge in [-0.15, -0.1) is 0 Å². The van der Waals surface area contributed by atoms with E-state index in [1.165, 1.54) is 0 Å². The molecule has 5 rings (SSSR count). The number of nitrogens with one attached hydrogen (secondary N) is 2. The summed E-state index contributed by atoms with van der Waals surface area (Å²) >= 11 is 0. The minimum Gasteiger partial charge on any atom is -0.348 e. The number of fused-ring (bicyclic) bond motifs is 2. The van der Waals surface area contributed by atoms with Gasteiger partial charge in [0.15, 0.2) is 0 Å². The Balaban J connectivity index is 1.57. The van der Waals surface area contributed by atoms with Gasteiger partial charge in [-0.2, -0.15) is 0 Å². The van der Waals surface area contributed by atoms with Gasteiger partial charge in [0.1, 0.15) is 0 Å². The number of benzene rings is 2. The number of amides is 2. The van der Waals surface area contributed by atoms with Crippen molar-refractivity contribution in [2.75, 3.05) is 0 Å². The summed E-state index contributed by atoms with van der Waals surface area (Å²) in [5.41, 5.74) is 8.42. The lowest BCUT2D eigenvalue weighted by atomic mass is 9.96. The largest absolute Gasteiger partial charge is 0.348 e. The van der Waals surface area contributed by atoms with Gasteiger partial charge in [0, 0.05) is 41.0 Å². The van der Waals surface area contributed by atoms with Crippen LogP contribution in [0, 0.1) is 0 Å². The average Bonchev–Trinajstić information content (AvgIpc) is 3.30. The molecule has 0 bridgehead atoms. The van der Waals surface area contributed by atoms with Crippen molar-refractivity contribution in [1.29, 1.82) is 0 Å². The molecule has 2 aromatic carbocycles. The molecule has 5 nitrogen and oxygen atoms in total. The van der Waals surface area contributed by atoms with Gasteiger partial charge in [0.05, 0.1) is 5.69 Å². The van der Waals surface area contributed by atoms with Gasteiger partial charge < -0.3 is 10.6 Å². The molecule has 0 aliphatic carbocycles. The molecule has 0 atom stereocenters. The molecule has 0 saturated heterocycles. The van der Waals surface area contributed by atoms with Gasteiger partial charge in [0.25, 0.3) is 11.8 Å². The molecule has 0 fully saturated rings. The van der Waals surface area contributed by atoms with Crippen LogP contribution in [0.25, 0.3) is 22.4 Å². The van der Waals surface area contributed by atoms with Crippen LogP contribution < -0.4 is 10.6 Å². The summed E-state index contributed by atoms with van der Waals surface area (Å²) in [6, 6.07) is 16.1. The van der Waals surface area contributed by atoms with Crippen molar-refractivity contribution in [2.24, 2.45) is 0 Å². The summed E-state index contributed by atoms with van der Waals surface area (Å²) in [6.45, 7) is 3.32. The Morgan fingerprint density at radius 2 is 1.41 bits per heavy atom. The Labute approximate surface area is 169 Å². The molecule has 2 aliphatic heterocycles. The van der Waals surface area contributed by atoms with E-state index in [2.05, 4.69) is 29.7 Å². The molecule has 0 radical (unpaired) electrons. The highest BCUT2D eigenvalue weighted by Crippen LogP contribution is 2.31. The Hall–Kier alpha value is -3.47. The summed E-state index contributed by atoms with van der Waals surface area (Å²) in [5, 5.41) is 5.73. The summed E-state index contributed by atoms with van der Waals surface area (Å²) < 4.78 is 0. The summed E-state index contributed by atoms with van der Waals surface area (Å²) in [7, 11) is 0. The molecule has 0 saturated carbocycles. The number of carbonyl (C=O) groups is 2. The Bertz CT molecular complexity index is 1170. The number of aryl methyl sites for hydroxylation is 1. The van der Waals surface area contributed by atoms with Gasteiger partial charge in [-0.05, 0) is 41.3 Å². The van der Waals surface area contributed by atoms with Crippen molar-refractivity contribution in [3.8, 4) is 22.4 Å². The molecular formula is C24H21N3O2. The van der Waals surface area contributed by atoms with Crippen molar-refractivity contribution < 1.29 is 9.59 Å². The van der Waals surface area contributed by atoms with E-state index in [1.807, 2.05) is 36.4 Å². The van der Waals surface area contributed by atoms with Crippen LogP contribution in [-0.4, -0.2) is 16.8 Å². The molecule has 5 heteroatoms. The highest BCUT2D eigenvalue weighted by Gasteiger charge is 2.21. The normalized spacial score (nSPS) is 14.4. The number of pyridine rings is 1. The van der Waals surface area contributed by atoms with Crippen molar-refractivity contribution >= 4 is 11.8 Å². The third kappa shape index (κ3) is 2.99. The molecule has 0 spiro atoms. The van der Waals surface area contributed by atoms with Gasteiger partial charge in [-0.1, -0.05) is 43.7 Å². The van der Waals surface area contributed by atoms with E-state index in [1.54, 1.807) is 0 Å². The first-order valence-corrected chi connectivity index (χ1v) is 9.97. The van der Waals surface area contributed by atoms with Crippen LogP contribution in [0.5, 0.6) is 0 Å². The first-order valence-electron chi connectivity index (χ1n) is 9.97. The highest BCUT2D eigenvalue weighted by molar-refractivity contribution is 6.00. The smallest absolute Gasteiger partial charge is 0.251 e. The molecule has 2 N–H and O–H groups in total. The molecule has 29 heavy (non-hydrogen) atoms. The lowest BCUT2D eigenvalue weighted by Gasteiger charge is -2.12. The van der Waals surface area contributed by atoms with Crippen LogP contribution in [0.4, 0.5) is 0 Å². The Morgan fingerprint density at radius 1 is 0.793 bits per heavy atom. The molecule has 0 unspecified atom stereocenters. The molecule has 2 aliphatic rings. The van der Waals surface area contributed by atoms with Gasteiger partial charge in [-0.25, -0.2) is 0 Å². The average molecular weight is 383 g/mol. The predicted molar refractivity (Wildman–Crippen MR) is 111 cm³/mol. The topological polar surface area (TPSA) is 71.1 Å². The Morgan fingerprint density at radius 3 is 2.07 bits per heavy atom. The van der Waals surface area contributed by atoms with Crippen LogP contribution in [0.3, 0.4) is 0 Å². The maximum atomic E-state index is 12.1. The number of nitrogens with zero attached hydrogens (tertiary/aromatic N) is 1. The first kappa shape index (κ1) is 17.6. The fourth-order valence-electron chi connectivity index (χ4n) is 4.10. The second-order valence-corrected chi connectivity index (χ2v) is 7.55. The van der Waals surface area contributed by atoms with Crippen LogP contribution in [0.15, 0.2) is 48.5 Å². The van der Waals surface area contributed by atoms with E-state index >= 15 is 0 Å². The van der Waals surface area contributed by atoms with Gasteiger partial charge in [0.2, 0.25) is 0 Å². The zero-order valence-electron chi connectivity index (χ0n) is 16.2. The highest BCUT2D eigenvalue weighted by atomic mass is 16.2. The van der Waals surface area contributed by atoms with Crippen LogP contribution in [-0.2, 0) is 19.5 Å². The van der Waals surface area contributed by atoms with Crippen molar-refractivity contribution in [1.82, 2.24) is 15.6 Å². The summed E-state index contributed by atoms with van der Waals surface area (Å²) in [5.74, 6) is -0.0384. The van der Waals surface area contributed by atoms with E-state index in [9.17, 15) is 9.59 Å². The maximum Gasteiger partial charge on any atom is 0.251 e. The second kappa shape index (κ2) is 6.85. The minimum absolute atomic E-state index is 0.0140. The predicted octanol–water partition coefficient (Wildman–Crippen LogP) is 3.85. The monoisotopic (exact) mass is 383 g/mol. The zero-order chi connectivity index (χ0) is 20.0. The Kier molecular flexibility index (Phi) is 4.16. The third-order valence-electron chi connectivity index (χ3n) is 5.66. The number of carbonyl (C=O) groups excluding carboxylic acids is 2. The standard InChI is InChI=1S/C24H21N3O2/c1-2-3-22-18(14-4-6-16-12-25-23(28)19(16)10-14)8-9-21(27-22)15-5-7-17-13-26-24(29)20(17)11-15/h4-11H,2-3,12-13H2,1H3,(H,25,28)(H,26,29). The third-order valence-corrected chi connectivity index (χ3v) is 5.66. The van der Waals surface area contributed by atoms with Crippen LogP contribution in [0.2, 0.25) is 0 Å². The number of rotatable bonds is 4. The van der Waals surface area contributed by atoms with E-state index in [4.69, 9.17) is 4.98 Å². The van der Waals surface area contributed by atoms with Gasteiger partial charge in [-0.3, -0.25) is 14.6 Å². The fraction of sp³-hybridized carbons (Fsp3) is 0.208. The summed E-state index contributed by atoms with van der Waals surface area (Å²) in [4.78, 5) is 29.0. The quantitative estimate of drug-likeness (QED) is 0.719. The number of hydrogen-bond acceptors (Lipinski definition) is 3. The molecule has 3 aromatic rings. The van der Waals surface area contributed by atoms with E-state index in [-0.39, 0.29) is 11.8 Å². The number of hydrogen-bond donors (Lipinski definition) is 2. The van der Waals surface area contributed by atoms with E-state index in [0.29, 0.717) is 13.1 Å². The molecular weight excluding hydrogens is 362 g/mol. The maximum absolute atomic E-state index is 12.1. The molecule has 144 valence electrons. The fourth-order valence-corrected chi connectivity index (χ4v) is 4.10. The lowest BCUT2D eigenvalue weighted by Crippen LogP contribution is -2.12. The molecule has 2 amide bonds. The van der Waals surface area contributed by atoms with Crippen LogP contribution in [0.1, 0.15) is 50.9 Å². The van der Waals surface area contributed by atoms with Crippen molar-refractivity contribution in [3.63, 3.8) is 0 Å². The van der Waals surface area contributed by atoms with Crippen LogP contribution >= 0.6 is 0 Å². The second-order valence-electron chi connectivity index (χ2n) is 7.55. The van der Waals surface area contributed by atoms with E-state index in [0.717, 1.165) is 63.2 Å². The lowest BCUT2D eigenvalue weighted by molar-refractivity contribution is 0.0957. The molecule has 3 heterocycles. The van der Waals surface area contributed by atoms with E-state index < -0.39 is 0 Å². The zero-order valence-corrected chi connectivity index (χ0v) is 16.2. The van der Waals surface area contributed by atoms with Crippen molar-refractivity contribution in [3.05, 3.63) is 76.5 Å². The minimum atomic E-state index is -0.0244. The number of aromatic nitrogens is 1. The molecule has 1 aromatic heterocycles.